The zero-order valence-corrected chi connectivity index (χ0v) is 19.4. The van der Waals surface area contributed by atoms with Gasteiger partial charge in [0.25, 0.3) is 0 Å². The number of furan rings is 1. The fourth-order valence-corrected chi connectivity index (χ4v) is 5.76. The van der Waals surface area contributed by atoms with Gasteiger partial charge in [-0.3, -0.25) is 24.9 Å². The molecule has 8 rings (SSSR count). The summed E-state index contributed by atoms with van der Waals surface area (Å²) >= 11 is 1.60. The van der Waals surface area contributed by atoms with E-state index in [-0.39, 0.29) is 0 Å². The molecule has 168 valence electrons. The van der Waals surface area contributed by atoms with Gasteiger partial charge in [0.1, 0.15) is 39.6 Å². The maximum atomic E-state index is 6.27. The molecule has 7 aromatic rings. The molecule has 5 aromatic heterocycles. The van der Waals surface area contributed by atoms with Gasteiger partial charge in [0.2, 0.25) is 0 Å². The van der Waals surface area contributed by atoms with Crippen molar-refractivity contribution in [1.82, 2.24) is 29.9 Å². The fraction of sp³-hybridized carbons (Fsp3) is 0. The van der Waals surface area contributed by atoms with E-state index in [1.807, 2.05) is 41.8 Å². The Labute approximate surface area is 208 Å². The minimum atomic E-state index is 0.624. The molecule has 0 aliphatic heterocycles. The predicted molar refractivity (Wildman–Crippen MR) is 139 cm³/mol. The summed E-state index contributed by atoms with van der Waals surface area (Å²) in [5.74, 6) is 0. The van der Waals surface area contributed by atoms with Crippen molar-refractivity contribution in [3.05, 3.63) is 84.9 Å². The molecule has 0 fully saturated rings. The zero-order chi connectivity index (χ0) is 23.6. The van der Waals surface area contributed by atoms with E-state index in [0.717, 1.165) is 49.3 Å². The molecule has 0 unspecified atom stereocenters. The van der Waals surface area contributed by atoms with Crippen LogP contribution in [0.1, 0.15) is 0 Å². The molecule has 0 bridgehead atoms. The van der Waals surface area contributed by atoms with Gasteiger partial charge < -0.3 is 4.42 Å². The molecule has 1 aliphatic carbocycles. The first-order valence-corrected chi connectivity index (χ1v) is 12.2. The lowest BCUT2D eigenvalue weighted by Crippen LogP contribution is -2.05. The van der Waals surface area contributed by atoms with E-state index in [1.165, 1.54) is 0 Å². The van der Waals surface area contributed by atoms with Crippen molar-refractivity contribution >= 4 is 33.3 Å². The Hall–Kier alpha value is -4.82. The van der Waals surface area contributed by atoms with Gasteiger partial charge in [0.15, 0.2) is 0 Å². The quantitative estimate of drug-likeness (QED) is 0.258. The second-order valence-corrected chi connectivity index (χ2v) is 9.32. The first kappa shape index (κ1) is 19.5. The van der Waals surface area contributed by atoms with Gasteiger partial charge in [0.05, 0.1) is 22.5 Å². The van der Waals surface area contributed by atoms with Crippen LogP contribution in [0.2, 0.25) is 0 Å². The van der Waals surface area contributed by atoms with Gasteiger partial charge in [-0.05, 0) is 23.6 Å². The Morgan fingerprint density at radius 1 is 0.583 bits per heavy atom. The molecule has 36 heavy (non-hydrogen) atoms. The normalized spacial score (nSPS) is 11.9. The molecule has 0 radical (unpaired) electrons. The molecular weight excluding hydrogens is 468 g/mol. The summed E-state index contributed by atoms with van der Waals surface area (Å²) in [5.41, 5.74) is 8.26. The number of aromatic nitrogens is 6. The number of rotatable bonds is 1. The molecule has 0 amide bonds. The topological polar surface area (TPSA) is 90.5 Å². The molecule has 7 nitrogen and oxygen atoms in total. The Bertz CT molecular complexity index is 1970. The van der Waals surface area contributed by atoms with Crippen LogP contribution in [0.25, 0.3) is 77.8 Å². The number of thiophene rings is 1. The first-order valence-electron chi connectivity index (χ1n) is 11.4. The van der Waals surface area contributed by atoms with Crippen molar-refractivity contribution in [1.29, 1.82) is 0 Å². The van der Waals surface area contributed by atoms with Gasteiger partial charge in [0, 0.05) is 46.7 Å². The maximum absolute atomic E-state index is 6.27. The number of nitrogens with zero attached hydrogens (tertiary/aromatic N) is 6. The van der Waals surface area contributed by atoms with Gasteiger partial charge in [-0.15, -0.1) is 11.3 Å². The molecule has 1 aliphatic rings. The highest BCUT2D eigenvalue weighted by Gasteiger charge is 2.28. The summed E-state index contributed by atoms with van der Waals surface area (Å²) < 4.78 is 6.27. The van der Waals surface area contributed by atoms with Crippen LogP contribution >= 0.6 is 11.3 Å². The summed E-state index contributed by atoms with van der Waals surface area (Å²) in [6.07, 6.45) is 8.51. The molecular formula is C28H14N6OS. The molecule has 0 saturated carbocycles. The average Bonchev–Trinajstić information content (AvgIpc) is 3.57. The smallest absolute Gasteiger partial charge is 0.144 e. The Balaban J connectivity index is 1.44. The van der Waals surface area contributed by atoms with Crippen LogP contribution in [0.4, 0.5) is 0 Å². The first-order chi connectivity index (χ1) is 17.9. The third-order valence-electron chi connectivity index (χ3n) is 6.43. The number of para-hydroxylation sites is 2. The van der Waals surface area contributed by atoms with Crippen molar-refractivity contribution in [2.24, 2.45) is 0 Å². The minimum absolute atomic E-state index is 0.624. The molecule has 0 atom stereocenters. The lowest BCUT2D eigenvalue weighted by Gasteiger charge is -2.17. The highest BCUT2D eigenvalue weighted by molar-refractivity contribution is 7.14. The Morgan fingerprint density at radius 2 is 1.31 bits per heavy atom. The minimum Gasteiger partial charge on any atom is -0.455 e. The van der Waals surface area contributed by atoms with E-state index in [2.05, 4.69) is 27.1 Å². The van der Waals surface area contributed by atoms with Crippen LogP contribution in [0.5, 0.6) is 0 Å². The average molecular weight is 483 g/mol. The Morgan fingerprint density at radius 3 is 2.17 bits per heavy atom. The number of benzene rings is 2. The van der Waals surface area contributed by atoms with Crippen molar-refractivity contribution in [3.8, 4) is 55.9 Å². The van der Waals surface area contributed by atoms with Crippen molar-refractivity contribution < 1.29 is 4.42 Å². The number of hydrogen-bond donors (Lipinski definition) is 0. The second-order valence-electron chi connectivity index (χ2n) is 8.40. The molecule has 0 saturated heterocycles. The predicted octanol–water partition coefficient (Wildman–Crippen LogP) is 6.67. The van der Waals surface area contributed by atoms with E-state index >= 15 is 0 Å². The van der Waals surface area contributed by atoms with E-state index in [9.17, 15) is 0 Å². The van der Waals surface area contributed by atoms with Crippen LogP contribution in [0.15, 0.2) is 89.3 Å². The van der Waals surface area contributed by atoms with Crippen LogP contribution in [0, 0.1) is 0 Å². The van der Waals surface area contributed by atoms with Gasteiger partial charge in [-0.25, -0.2) is 4.98 Å². The summed E-state index contributed by atoms with van der Waals surface area (Å²) in [4.78, 5) is 29.7. The summed E-state index contributed by atoms with van der Waals surface area (Å²) in [6.45, 7) is 0. The van der Waals surface area contributed by atoms with Crippen molar-refractivity contribution in [2.75, 3.05) is 0 Å². The number of hydrogen-bond acceptors (Lipinski definition) is 8. The Kier molecular flexibility index (Phi) is 3.97. The van der Waals surface area contributed by atoms with E-state index in [4.69, 9.17) is 19.4 Å². The van der Waals surface area contributed by atoms with Crippen molar-refractivity contribution in [3.63, 3.8) is 0 Å². The van der Waals surface area contributed by atoms with E-state index in [1.54, 1.807) is 42.3 Å². The molecule has 0 spiro atoms. The second kappa shape index (κ2) is 7.34. The zero-order valence-electron chi connectivity index (χ0n) is 18.6. The number of fused-ring (bicyclic) bond motifs is 11. The summed E-state index contributed by atoms with van der Waals surface area (Å²) in [6, 6.07) is 16.2. The van der Waals surface area contributed by atoms with Gasteiger partial charge in [-0.1, -0.05) is 30.3 Å². The maximum Gasteiger partial charge on any atom is 0.144 e. The molecule has 2 aromatic carbocycles. The highest BCUT2D eigenvalue weighted by atomic mass is 32.1. The monoisotopic (exact) mass is 482 g/mol. The fourth-order valence-electron chi connectivity index (χ4n) is 4.87. The largest absolute Gasteiger partial charge is 0.455 e. The third kappa shape index (κ3) is 2.67. The standard InChI is InChI=1S/C28H14N6OS/c1-2-7-20-15(4-1)16-5-3-6-17(27(16)35-20)19-14-33-26-25(34-19)24-23(31-11-12-32-24)22-21(29-9-10-30-22)18-8-13-36-28(18)26/h1-14H. The van der Waals surface area contributed by atoms with Crippen LogP contribution in [-0.2, 0) is 0 Å². The molecule has 8 heteroatoms. The molecule has 5 heterocycles. The van der Waals surface area contributed by atoms with Crippen LogP contribution in [0.3, 0.4) is 0 Å². The van der Waals surface area contributed by atoms with E-state index < -0.39 is 0 Å². The lowest BCUT2D eigenvalue weighted by atomic mass is 9.99. The van der Waals surface area contributed by atoms with Gasteiger partial charge in [-0.2, -0.15) is 0 Å². The molecule has 0 N–H and O–H groups in total. The van der Waals surface area contributed by atoms with Crippen molar-refractivity contribution in [2.45, 2.75) is 0 Å². The summed E-state index contributed by atoms with van der Waals surface area (Å²) in [7, 11) is 0. The third-order valence-corrected chi connectivity index (χ3v) is 7.35. The SMILES string of the molecule is c1ccc2c(c1)oc1c(-c3cnc4c(n3)-c3nccnc3-c3nccnc3-c3ccsc3-4)cccc12. The van der Waals surface area contributed by atoms with Crippen LogP contribution in [-0.4, -0.2) is 29.9 Å². The van der Waals surface area contributed by atoms with Crippen LogP contribution < -0.4 is 0 Å². The summed E-state index contributed by atoms with van der Waals surface area (Å²) in [5, 5.41) is 4.15. The highest BCUT2D eigenvalue weighted by Crippen LogP contribution is 2.46. The lowest BCUT2D eigenvalue weighted by molar-refractivity contribution is 0.670. The van der Waals surface area contributed by atoms with E-state index in [0.29, 0.717) is 28.5 Å². The van der Waals surface area contributed by atoms with Gasteiger partial charge >= 0.3 is 0 Å².